The van der Waals surface area contributed by atoms with Gasteiger partial charge in [0, 0.05) is 0 Å². The first-order valence-corrected chi connectivity index (χ1v) is 5.92. The number of hydrogen-bond acceptors (Lipinski definition) is 3. The smallest absolute Gasteiger partial charge is 0.126 e. The highest BCUT2D eigenvalue weighted by Crippen LogP contribution is 2.43. The molecule has 0 spiro atoms. The van der Waals surface area contributed by atoms with E-state index in [0.29, 0.717) is 18.8 Å². The molecule has 96 valence electrons. The van der Waals surface area contributed by atoms with Crippen molar-refractivity contribution in [3.8, 4) is 6.07 Å². The van der Waals surface area contributed by atoms with E-state index >= 15 is 0 Å². The monoisotopic (exact) mass is 248 g/mol. The van der Waals surface area contributed by atoms with Gasteiger partial charge in [-0.25, -0.2) is 4.39 Å². The van der Waals surface area contributed by atoms with Crippen molar-refractivity contribution >= 4 is 0 Å². The van der Waals surface area contributed by atoms with Crippen LogP contribution in [0.5, 0.6) is 0 Å². The Morgan fingerprint density at radius 3 is 2.50 bits per heavy atom. The molecule has 0 radical (unpaired) electrons. The largest absolute Gasteiger partial charge is 0.378 e. The van der Waals surface area contributed by atoms with Crippen LogP contribution in [-0.2, 0) is 4.74 Å². The number of aryl methyl sites for hydroxylation is 1. The molecule has 0 N–H and O–H groups in total. The number of halogens is 1. The summed E-state index contributed by atoms with van der Waals surface area (Å²) in [5.74, 6) is -0.216. The first-order chi connectivity index (χ1) is 8.50. The zero-order valence-corrected chi connectivity index (χ0v) is 10.9. The van der Waals surface area contributed by atoms with Crippen molar-refractivity contribution in [3.05, 3.63) is 35.1 Å². The molecule has 4 heteroatoms. The minimum absolute atomic E-state index is 0.0736. The van der Waals surface area contributed by atoms with Gasteiger partial charge in [0.1, 0.15) is 11.2 Å². The summed E-state index contributed by atoms with van der Waals surface area (Å²) >= 11 is 0. The molecule has 3 nitrogen and oxygen atoms in total. The minimum atomic E-state index is -0.520. The molecule has 1 aromatic carbocycles. The fraction of sp³-hybridized carbons (Fsp3) is 0.500. The SMILES string of the molecule is Cc1cc(C(N(C)C)C2(C#N)COC2)ccc1F. The molecule has 1 unspecified atom stereocenters. The van der Waals surface area contributed by atoms with Crippen LogP contribution < -0.4 is 0 Å². The lowest BCUT2D eigenvalue weighted by molar-refractivity contribution is -0.115. The van der Waals surface area contributed by atoms with Gasteiger partial charge in [0.2, 0.25) is 0 Å². The van der Waals surface area contributed by atoms with Gasteiger partial charge in [-0.15, -0.1) is 0 Å². The standard InChI is InChI=1S/C14H17FN2O/c1-10-6-11(4-5-12(10)15)13(17(2)3)14(7-16)8-18-9-14/h4-6,13H,8-9H2,1-3H3. The van der Waals surface area contributed by atoms with Crippen LogP contribution in [0.2, 0.25) is 0 Å². The molecule has 1 aliphatic heterocycles. The summed E-state index contributed by atoms with van der Waals surface area (Å²) in [5.41, 5.74) is 1.05. The summed E-state index contributed by atoms with van der Waals surface area (Å²) in [4.78, 5) is 2.00. The number of ether oxygens (including phenoxy) is 1. The fourth-order valence-corrected chi connectivity index (χ4v) is 2.55. The predicted octanol–water partition coefficient (Wildman–Crippen LogP) is 2.28. The normalized spacial score (nSPS) is 19.1. The molecule has 1 fully saturated rings. The molecule has 0 aromatic heterocycles. The molecule has 1 atom stereocenters. The van der Waals surface area contributed by atoms with Gasteiger partial charge in [-0.2, -0.15) is 5.26 Å². The van der Waals surface area contributed by atoms with Crippen molar-refractivity contribution in [3.63, 3.8) is 0 Å². The second kappa shape index (κ2) is 4.68. The zero-order chi connectivity index (χ0) is 13.3. The van der Waals surface area contributed by atoms with Crippen LogP contribution in [0.1, 0.15) is 17.2 Å². The van der Waals surface area contributed by atoms with Gasteiger partial charge in [-0.3, -0.25) is 0 Å². The Morgan fingerprint density at radius 2 is 2.11 bits per heavy atom. The Kier molecular flexibility index (Phi) is 3.38. The van der Waals surface area contributed by atoms with E-state index in [1.54, 1.807) is 13.0 Å². The Balaban J connectivity index is 2.42. The summed E-state index contributed by atoms with van der Waals surface area (Å²) < 4.78 is 18.5. The van der Waals surface area contributed by atoms with Crippen LogP contribution in [0.15, 0.2) is 18.2 Å². The van der Waals surface area contributed by atoms with E-state index in [1.807, 2.05) is 25.1 Å². The maximum absolute atomic E-state index is 13.3. The first-order valence-electron chi connectivity index (χ1n) is 5.92. The first kappa shape index (κ1) is 13.0. The Labute approximate surface area is 107 Å². The van der Waals surface area contributed by atoms with E-state index in [1.165, 1.54) is 6.07 Å². The number of nitrogens with zero attached hydrogens (tertiary/aromatic N) is 2. The molecular formula is C14H17FN2O. The van der Waals surface area contributed by atoms with E-state index in [9.17, 15) is 9.65 Å². The molecule has 1 aliphatic rings. The van der Waals surface area contributed by atoms with Gasteiger partial charge in [-0.1, -0.05) is 12.1 Å². The summed E-state index contributed by atoms with van der Waals surface area (Å²) in [6.07, 6.45) is 0. The average molecular weight is 248 g/mol. The number of rotatable bonds is 3. The molecule has 18 heavy (non-hydrogen) atoms. The van der Waals surface area contributed by atoms with Gasteiger partial charge in [0.05, 0.1) is 25.3 Å². The second-order valence-electron chi connectivity index (χ2n) is 5.14. The second-order valence-corrected chi connectivity index (χ2v) is 5.14. The number of benzene rings is 1. The van der Waals surface area contributed by atoms with E-state index in [2.05, 4.69) is 6.07 Å². The van der Waals surface area contributed by atoms with E-state index in [-0.39, 0.29) is 11.9 Å². The van der Waals surface area contributed by atoms with Gasteiger partial charge in [0.25, 0.3) is 0 Å². The quantitative estimate of drug-likeness (QED) is 0.823. The van der Waals surface area contributed by atoms with Crippen LogP contribution in [0.3, 0.4) is 0 Å². The van der Waals surface area contributed by atoms with Crippen molar-refractivity contribution in [2.75, 3.05) is 27.3 Å². The third-order valence-corrected chi connectivity index (χ3v) is 3.48. The summed E-state index contributed by atoms with van der Waals surface area (Å²) in [6, 6.07) is 7.33. The maximum Gasteiger partial charge on any atom is 0.126 e. The van der Waals surface area contributed by atoms with E-state index < -0.39 is 5.41 Å². The van der Waals surface area contributed by atoms with Crippen molar-refractivity contribution in [2.45, 2.75) is 13.0 Å². The van der Waals surface area contributed by atoms with Crippen molar-refractivity contribution in [1.82, 2.24) is 4.90 Å². The van der Waals surface area contributed by atoms with E-state index in [0.717, 1.165) is 5.56 Å². The van der Waals surface area contributed by atoms with Gasteiger partial charge < -0.3 is 9.64 Å². The van der Waals surface area contributed by atoms with Crippen LogP contribution in [0, 0.1) is 29.5 Å². The van der Waals surface area contributed by atoms with Crippen LogP contribution >= 0.6 is 0 Å². The van der Waals surface area contributed by atoms with Crippen molar-refractivity contribution in [1.29, 1.82) is 5.26 Å². The molecule has 1 heterocycles. The molecule has 1 saturated heterocycles. The fourth-order valence-electron chi connectivity index (χ4n) is 2.55. The Hall–Kier alpha value is -1.44. The zero-order valence-electron chi connectivity index (χ0n) is 10.9. The van der Waals surface area contributed by atoms with Crippen molar-refractivity contribution in [2.24, 2.45) is 5.41 Å². The van der Waals surface area contributed by atoms with Crippen LogP contribution in [0.4, 0.5) is 4.39 Å². The highest BCUT2D eigenvalue weighted by molar-refractivity contribution is 5.31. The Bertz CT molecular complexity index is 489. The summed E-state index contributed by atoms with van der Waals surface area (Å²) in [6.45, 7) is 2.60. The van der Waals surface area contributed by atoms with E-state index in [4.69, 9.17) is 4.74 Å². The van der Waals surface area contributed by atoms with Gasteiger partial charge in [-0.05, 0) is 38.2 Å². The lowest BCUT2D eigenvalue weighted by Crippen LogP contribution is -2.50. The van der Waals surface area contributed by atoms with Gasteiger partial charge in [0.15, 0.2) is 0 Å². The minimum Gasteiger partial charge on any atom is -0.378 e. The highest BCUT2D eigenvalue weighted by atomic mass is 19.1. The maximum atomic E-state index is 13.3. The topological polar surface area (TPSA) is 36.3 Å². The molecule has 0 aliphatic carbocycles. The summed E-state index contributed by atoms with van der Waals surface area (Å²) in [5, 5.41) is 9.41. The third-order valence-electron chi connectivity index (χ3n) is 3.48. The molecule has 2 rings (SSSR count). The number of hydrogen-bond donors (Lipinski definition) is 0. The molecule has 0 saturated carbocycles. The molecular weight excluding hydrogens is 231 g/mol. The average Bonchev–Trinajstić information content (AvgIpc) is 2.27. The summed E-state index contributed by atoms with van der Waals surface area (Å²) in [7, 11) is 3.86. The Morgan fingerprint density at radius 1 is 1.44 bits per heavy atom. The highest BCUT2D eigenvalue weighted by Gasteiger charge is 2.48. The molecule has 0 amide bonds. The molecule has 1 aromatic rings. The lowest BCUT2D eigenvalue weighted by atomic mass is 9.75. The third kappa shape index (κ3) is 2.00. The molecule has 0 bridgehead atoms. The number of nitriles is 1. The van der Waals surface area contributed by atoms with Crippen molar-refractivity contribution < 1.29 is 9.13 Å². The van der Waals surface area contributed by atoms with Crippen LogP contribution in [0.25, 0.3) is 0 Å². The lowest BCUT2D eigenvalue weighted by Gasteiger charge is -2.44. The van der Waals surface area contributed by atoms with Gasteiger partial charge >= 0.3 is 0 Å². The van der Waals surface area contributed by atoms with Crippen LogP contribution in [-0.4, -0.2) is 32.2 Å². The predicted molar refractivity (Wildman–Crippen MR) is 66.4 cm³/mol.